The molecule has 4 aromatic heterocycles. The Bertz CT molecular complexity index is 1880. The van der Waals surface area contributed by atoms with Crippen LogP contribution in [-0.2, 0) is 22.1 Å². The summed E-state index contributed by atoms with van der Waals surface area (Å²) in [6.07, 6.45) is 9.01. The molecule has 1 spiro atoms. The van der Waals surface area contributed by atoms with Crippen LogP contribution in [0.15, 0.2) is 91.6 Å². The van der Waals surface area contributed by atoms with Crippen LogP contribution in [0.1, 0.15) is 18.4 Å². The molecule has 6 aromatic rings. The van der Waals surface area contributed by atoms with Crippen molar-refractivity contribution < 1.29 is 13.9 Å². The van der Waals surface area contributed by atoms with Crippen LogP contribution in [0.3, 0.4) is 0 Å². The minimum atomic E-state index is -0.512. The van der Waals surface area contributed by atoms with E-state index in [9.17, 15) is 0 Å². The van der Waals surface area contributed by atoms with Crippen molar-refractivity contribution in [3.8, 4) is 28.3 Å². The van der Waals surface area contributed by atoms with Gasteiger partial charge < -0.3 is 19.8 Å². The fraction of sp³-hybridized carbons (Fsp3) is 0.226. The van der Waals surface area contributed by atoms with E-state index < -0.39 is 11.3 Å². The summed E-state index contributed by atoms with van der Waals surface area (Å²) in [4.78, 5) is 9.41. The molecule has 0 atom stereocenters. The summed E-state index contributed by atoms with van der Waals surface area (Å²) in [5.74, 6) is 0.237. The number of rotatable bonds is 4. The first-order valence-corrected chi connectivity index (χ1v) is 13.5. The third kappa shape index (κ3) is 3.59. The lowest BCUT2D eigenvalue weighted by Gasteiger charge is -2.50. The Hall–Kier alpha value is -4.44. The Morgan fingerprint density at radius 1 is 0.925 bits per heavy atom. The molecule has 1 saturated carbocycles. The van der Waals surface area contributed by atoms with Crippen molar-refractivity contribution >= 4 is 16.6 Å². The number of nitrogens with two attached hydrogens (primary N) is 1. The summed E-state index contributed by atoms with van der Waals surface area (Å²) >= 11 is 0. The average Bonchev–Trinajstić information content (AvgIpc) is 3.72. The largest absolute Gasteiger partial charge is 0.347 e. The second kappa shape index (κ2) is 8.53. The molecule has 1 aliphatic heterocycles. The predicted octanol–water partition coefficient (Wildman–Crippen LogP) is 3.92. The summed E-state index contributed by atoms with van der Waals surface area (Å²) in [7, 11) is 1.96. The predicted molar refractivity (Wildman–Crippen MR) is 149 cm³/mol. The zero-order chi connectivity index (χ0) is 26.9. The molecule has 2 aliphatic rings. The van der Waals surface area contributed by atoms with Crippen LogP contribution in [0.25, 0.3) is 44.9 Å². The summed E-state index contributed by atoms with van der Waals surface area (Å²) in [5, 5.41) is 6.08. The second-order valence-corrected chi connectivity index (χ2v) is 10.9. The molecule has 2 aromatic carbocycles. The fourth-order valence-corrected chi connectivity index (χ4v) is 6.13. The highest BCUT2D eigenvalue weighted by molar-refractivity contribution is 5.93. The molecule has 9 heteroatoms. The first-order chi connectivity index (χ1) is 19.5. The molecule has 5 heterocycles. The molecule has 0 radical (unpaired) electrons. The Morgan fingerprint density at radius 3 is 2.42 bits per heavy atom. The van der Waals surface area contributed by atoms with Crippen molar-refractivity contribution in [1.82, 2.24) is 24.3 Å². The van der Waals surface area contributed by atoms with Gasteiger partial charge in [-0.15, -0.1) is 0 Å². The Labute approximate surface area is 230 Å². The third-order valence-corrected chi connectivity index (χ3v) is 8.10. The van der Waals surface area contributed by atoms with E-state index in [1.807, 2.05) is 59.2 Å². The molecule has 2 fully saturated rings. The average molecular weight is 531 g/mol. The van der Waals surface area contributed by atoms with Gasteiger partial charge in [-0.3, -0.25) is 4.98 Å². The highest BCUT2D eigenvalue weighted by atomic mass is 16.7. The lowest BCUT2D eigenvalue weighted by Crippen LogP contribution is -2.60. The molecule has 2 N–H and O–H groups in total. The maximum atomic E-state index is 6.78. The maximum absolute atomic E-state index is 6.78. The number of imidazole rings is 1. The van der Waals surface area contributed by atoms with Crippen molar-refractivity contribution in [3.63, 3.8) is 0 Å². The summed E-state index contributed by atoms with van der Waals surface area (Å²) < 4.78 is 17.6. The van der Waals surface area contributed by atoms with Crippen molar-refractivity contribution in [1.29, 1.82) is 0 Å². The number of aromatic nitrogens is 6. The number of pyridine rings is 2. The van der Waals surface area contributed by atoms with Gasteiger partial charge in [-0.2, -0.15) is 4.40 Å². The lowest BCUT2D eigenvalue weighted by molar-refractivity contribution is -0.498. The van der Waals surface area contributed by atoms with Crippen molar-refractivity contribution in [2.75, 3.05) is 13.2 Å². The van der Waals surface area contributed by atoms with Gasteiger partial charge in [0.1, 0.15) is 5.69 Å². The van der Waals surface area contributed by atoms with E-state index in [-0.39, 0.29) is 0 Å². The van der Waals surface area contributed by atoms with Crippen LogP contribution in [0.5, 0.6) is 0 Å². The number of fused-ring (bicyclic) bond motifs is 3. The number of nitrogens with zero attached hydrogens (tertiary/aromatic N) is 6. The van der Waals surface area contributed by atoms with Gasteiger partial charge in [0.15, 0.2) is 11.5 Å². The minimum absolute atomic E-state index is 0.468. The smallest absolute Gasteiger partial charge is 0.334 e. The van der Waals surface area contributed by atoms with Gasteiger partial charge in [0.2, 0.25) is 0 Å². The zero-order valence-electron chi connectivity index (χ0n) is 22.1. The Morgan fingerprint density at radius 2 is 1.70 bits per heavy atom. The molecule has 40 heavy (non-hydrogen) atoms. The molecule has 1 aliphatic carbocycles. The number of hydrogen-bond acceptors (Lipinski definition) is 6. The van der Waals surface area contributed by atoms with Gasteiger partial charge in [0.25, 0.3) is 5.65 Å². The van der Waals surface area contributed by atoms with Gasteiger partial charge in [0, 0.05) is 37.8 Å². The van der Waals surface area contributed by atoms with E-state index in [2.05, 4.69) is 51.8 Å². The molecule has 0 bridgehead atoms. The molecular formula is C31H28N7O2+. The van der Waals surface area contributed by atoms with Gasteiger partial charge in [-0.05, 0) is 35.4 Å². The molecule has 8 rings (SSSR count). The van der Waals surface area contributed by atoms with Gasteiger partial charge >= 0.3 is 5.82 Å². The Balaban J connectivity index is 1.28. The maximum Gasteiger partial charge on any atom is 0.334 e. The van der Waals surface area contributed by atoms with Crippen LogP contribution < -0.4 is 10.1 Å². The van der Waals surface area contributed by atoms with E-state index in [1.54, 1.807) is 6.33 Å². The summed E-state index contributed by atoms with van der Waals surface area (Å²) in [6.45, 7) is 1.26. The summed E-state index contributed by atoms with van der Waals surface area (Å²) in [6, 6.07) is 22.8. The van der Waals surface area contributed by atoms with Crippen LogP contribution >= 0.6 is 0 Å². The zero-order valence-corrected chi connectivity index (χ0v) is 22.1. The van der Waals surface area contributed by atoms with E-state index in [0.29, 0.717) is 26.1 Å². The van der Waals surface area contributed by atoms with Crippen LogP contribution in [0.2, 0.25) is 0 Å². The SMILES string of the molecule is Cn1cnc(-c2nn(-c3ccc(C4(N)CC5(C4)OCCO5)cc3)c3c4cc(-c5ccccc5)cnc4cc[n+]23)c1. The second-order valence-electron chi connectivity index (χ2n) is 10.9. The first-order valence-electron chi connectivity index (χ1n) is 13.5. The van der Waals surface area contributed by atoms with E-state index in [0.717, 1.165) is 50.4 Å². The van der Waals surface area contributed by atoms with Crippen molar-refractivity contribution in [2.24, 2.45) is 12.8 Å². The van der Waals surface area contributed by atoms with Gasteiger partial charge in [-0.1, -0.05) is 47.1 Å². The number of aryl methyl sites for hydroxylation is 1. The van der Waals surface area contributed by atoms with Crippen molar-refractivity contribution in [3.05, 3.63) is 97.2 Å². The lowest BCUT2D eigenvalue weighted by atomic mass is 9.68. The standard InChI is InChI=1S/C31H28N7O2/c1-36-17-27(34-20-36)28-35-38(24-9-7-23(8-10-24)30(32)18-31(19-30)39-13-14-40-31)29-25-15-22(21-5-3-2-4-6-21)16-33-26(25)11-12-37(28)29/h2-12,15-17,20H,13-14,18-19,32H2,1H3/q+1. The summed E-state index contributed by atoms with van der Waals surface area (Å²) in [5.41, 5.74) is 13.0. The highest BCUT2D eigenvalue weighted by Crippen LogP contribution is 2.51. The van der Waals surface area contributed by atoms with Crippen LogP contribution in [0.4, 0.5) is 0 Å². The molecule has 0 unspecified atom stereocenters. The molecular weight excluding hydrogens is 502 g/mol. The quantitative estimate of drug-likeness (QED) is 0.347. The van der Waals surface area contributed by atoms with E-state index in [1.165, 1.54) is 0 Å². The number of ether oxygens (including phenoxy) is 2. The normalized spacial score (nSPS) is 17.6. The van der Waals surface area contributed by atoms with Crippen LogP contribution in [0, 0.1) is 0 Å². The molecule has 1 saturated heterocycles. The Kier molecular flexibility index (Phi) is 5.00. The van der Waals surface area contributed by atoms with E-state index in [4.69, 9.17) is 25.3 Å². The minimum Gasteiger partial charge on any atom is -0.347 e. The van der Waals surface area contributed by atoms with E-state index >= 15 is 0 Å². The molecule has 0 amide bonds. The van der Waals surface area contributed by atoms with Crippen molar-refractivity contribution in [2.45, 2.75) is 24.2 Å². The fourth-order valence-electron chi connectivity index (χ4n) is 6.13. The van der Waals surface area contributed by atoms with Crippen LogP contribution in [-0.4, -0.2) is 43.3 Å². The highest BCUT2D eigenvalue weighted by Gasteiger charge is 2.57. The molecule has 198 valence electrons. The number of benzene rings is 2. The molecule has 9 nitrogen and oxygen atoms in total. The van der Waals surface area contributed by atoms with Gasteiger partial charge in [0.05, 0.1) is 47.3 Å². The third-order valence-electron chi connectivity index (χ3n) is 8.10. The first kappa shape index (κ1) is 23.4. The number of hydrogen-bond donors (Lipinski definition) is 1. The van der Waals surface area contributed by atoms with Gasteiger partial charge in [-0.25, -0.2) is 4.98 Å². The topological polar surface area (TPSA) is 97.1 Å². The monoisotopic (exact) mass is 530 g/mol.